The standard InChI is InChI=1S/C9H14F2O2/c10-9(11,6-4-8(12)13)5-3-7-1-2-7/h7H,1-6H2,(H,12,13). The molecule has 0 unspecified atom stereocenters. The van der Waals surface area contributed by atoms with Crippen molar-refractivity contribution >= 4 is 5.97 Å². The van der Waals surface area contributed by atoms with Crippen LogP contribution in [0, 0.1) is 5.92 Å². The molecule has 1 saturated carbocycles. The first-order chi connectivity index (χ1) is 5.99. The van der Waals surface area contributed by atoms with E-state index in [1.807, 2.05) is 0 Å². The van der Waals surface area contributed by atoms with Crippen LogP contribution in [0.3, 0.4) is 0 Å². The summed E-state index contributed by atoms with van der Waals surface area (Å²) < 4.78 is 25.8. The molecule has 0 aromatic carbocycles. The Labute approximate surface area is 75.9 Å². The van der Waals surface area contributed by atoms with Crippen molar-refractivity contribution < 1.29 is 18.7 Å². The lowest BCUT2D eigenvalue weighted by Gasteiger charge is -2.14. The molecule has 1 aliphatic carbocycles. The van der Waals surface area contributed by atoms with Crippen LogP contribution in [-0.4, -0.2) is 17.0 Å². The fraction of sp³-hybridized carbons (Fsp3) is 0.889. The summed E-state index contributed by atoms with van der Waals surface area (Å²) in [5, 5.41) is 8.23. The Hall–Kier alpha value is -0.670. The summed E-state index contributed by atoms with van der Waals surface area (Å²) in [6.45, 7) is 0. The van der Waals surface area contributed by atoms with Crippen LogP contribution in [0.1, 0.15) is 38.5 Å². The van der Waals surface area contributed by atoms with Crippen LogP contribution < -0.4 is 0 Å². The average molecular weight is 192 g/mol. The fourth-order valence-electron chi connectivity index (χ4n) is 1.24. The second-order valence-electron chi connectivity index (χ2n) is 3.73. The summed E-state index contributed by atoms with van der Waals surface area (Å²) in [7, 11) is 0. The van der Waals surface area contributed by atoms with E-state index in [0.29, 0.717) is 12.3 Å². The fourth-order valence-corrected chi connectivity index (χ4v) is 1.24. The number of hydrogen-bond acceptors (Lipinski definition) is 1. The monoisotopic (exact) mass is 192 g/mol. The van der Waals surface area contributed by atoms with Crippen LogP contribution in [0.2, 0.25) is 0 Å². The summed E-state index contributed by atoms with van der Waals surface area (Å²) in [4.78, 5) is 10.1. The van der Waals surface area contributed by atoms with E-state index in [2.05, 4.69) is 0 Å². The van der Waals surface area contributed by atoms with Gasteiger partial charge in [-0.05, 0) is 12.3 Å². The van der Waals surface area contributed by atoms with Crippen molar-refractivity contribution in [2.45, 2.75) is 44.4 Å². The molecule has 0 aromatic rings. The lowest BCUT2D eigenvalue weighted by molar-refractivity contribution is -0.139. The molecule has 0 bridgehead atoms. The van der Waals surface area contributed by atoms with Crippen molar-refractivity contribution in [3.63, 3.8) is 0 Å². The lowest BCUT2D eigenvalue weighted by Crippen LogP contribution is -2.17. The van der Waals surface area contributed by atoms with Crippen LogP contribution >= 0.6 is 0 Å². The summed E-state index contributed by atoms with van der Waals surface area (Å²) in [6, 6.07) is 0. The Balaban J connectivity index is 2.14. The highest BCUT2D eigenvalue weighted by atomic mass is 19.3. The number of hydrogen-bond donors (Lipinski definition) is 1. The number of carboxylic acid groups (broad SMARTS) is 1. The zero-order valence-corrected chi connectivity index (χ0v) is 7.43. The molecule has 76 valence electrons. The molecule has 0 aromatic heterocycles. The third-order valence-corrected chi connectivity index (χ3v) is 2.32. The average Bonchev–Trinajstić information content (AvgIpc) is 2.81. The Morgan fingerprint density at radius 1 is 1.38 bits per heavy atom. The van der Waals surface area contributed by atoms with E-state index in [-0.39, 0.29) is 6.42 Å². The predicted molar refractivity (Wildman–Crippen MR) is 43.8 cm³/mol. The normalized spacial score (nSPS) is 17.4. The number of aliphatic carboxylic acids is 1. The Bertz CT molecular complexity index is 188. The minimum atomic E-state index is -2.78. The van der Waals surface area contributed by atoms with Gasteiger partial charge in [0.15, 0.2) is 0 Å². The van der Waals surface area contributed by atoms with Gasteiger partial charge < -0.3 is 5.11 Å². The molecule has 1 fully saturated rings. The SMILES string of the molecule is O=C(O)CCC(F)(F)CCC1CC1. The first-order valence-electron chi connectivity index (χ1n) is 4.59. The van der Waals surface area contributed by atoms with Crippen LogP contribution in [0.5, 0.6) is 0 Å². The van der Waals surface area contributed by atoms with E-state index in [1.54, 1.807) is 0 Å². The van der Waals surface area contributed by atoms with Gasteiger partial charge in [-0.1, -0.05) is 12.8 Å². The number of alkyl halides is 2. The molecule has 0 heterocycles. The van der Waals surface area contributed by atoms with Crippen molar-refractivity contribution in [3.8, 4) is 0 Å². The third-order valence-electron chi connectivity index (χ3n) is 2.32. The van der Waals surface area contributed by atoms with Gasteiger partial charge in [-0.15, -0.1) is 0 Å². The molecule has 0 spiro atoms. The van der Waals surface area contributed by atoms with Crippen molar-refractivity contribution in [2.24, 2.45) is 5.92 Å². The van der Waals surface area contributed by atoms with Gasteiger partial charge in [0, 0.05) is 12.8 Å². The molecular formula is C9H14F2O2. The Kier molecular flexibility index (Phi) is 3.22. The zero-order valence-electron chi connectivity index (χ0n) is 7.43. The second kappa shape index (κ2) is 4.03. The van der Waals surface area contributed by atoms with Gasteiger partial charge >= 0.3 is 5.97 Å². The third kappa shape index (κ3) is 4.80. The Morgan fingerprint density at radius 3 is 2.46 bits per heavy atom. The minimum absolute atomic E-state index is 0.148. The second-order valence-corrected chi connectivity index (χ2v) is 3.73. The van der Waals surface area contributed by atoms with Crippen LogP contribution in [0.15, 0.2) is 0 Å². The number of rotatable bonds is 6. The molecule has 4 heteroatoms. The van der Waals surface area contributed by atoms with E-state index in [1.165, 1.54) is 0 Å². The number of carboxylic acids is 1. The highest BCUT2D eigenvalue weighted by Crippen LogP contribution is 2.37. The molecule has 0 radical (unpaired) electrons. The van der Waals surface area contributed by atoms with Crippen LogP contribution in [-0.2, 0) is 4.79 Å². The number of carbonyl (C=O) groups is 1. The smallest absolute Gasteiger partial charge is 0.303 e. The first-order valence-corrected chi connectivity index (χ1v) is 4.59. The summed E-state index contributed by atoms with van der Waals surface area (Å²) in [5.74, 6) is -3.44. The van der Waals surface area contributed by atoms with E-state index >= 15 is 0 Å². The maximum atomic E-state index is 12.9. The molecule has 0 amide bonds. The molecule has 0 aliphatic heterocycles. The topological polar surface area (TPSA) is 37.3 Å². The minimum Gasteiger partial charge on any atom is -0.481 e. The number of halogens is 2. The molecule has 2 nitrogen and oxygen atoms in total. The summed E-state index contributed by atoms with van der Waals surface area (Å²) in [5.41, 5.74) is 0. The van der Waals surface area contributed by atoms with Crippen molar-refractivity contribution in [3.05, 3.63) is 0 Å². The zero-order chi connectivity index (χ0) is 9.90. The van der Waals surface area contributed by atoms with Crippen LogP contribution in [0.25, 0.3) is 0 Å². The highest BCUT2D eigenvalue weighted by Gasteiger charge is 2.32. The Morgan fingerprint density at radius 2 is 2.00 bits per heavy atom. The van der Waals surface area contributed by atoms with Gasteiger partial charge in [0.25, 0.3) is 0 Å². The molecule has 0 saturated heterocycles. The predicted octanol–water partition coefficient (Wildman–Crippen LogP) is 2.68. The van der Waals surface area contributed by atoms with Gasteiger partial charge in [-0.2, -0.15) is 0 Å². The van der Waals surface area contributed by atoms with E-state index in [9.17, 15) is 13.6 Å². The van der Waals surface area contributed by atoms with Gasteiger partial charge in [-0.3, -0.25) is 4.79 Å². The van der Waals surface area contributed by atoms with Crippen molar-refractivity contribution in [1.29, 1.82) is 0 Å². The molecule has 1 N–H and O–H groups in total. The van der Waals surface area contributed by atoms with Crippen molar-refractivity contribution in [2.75, 3.05) is 0 Å². The van der Waals surface area contributed by atoms with Gasteiger partial charge in [0.2, 0.25) is 5.92 Å². The molecule has 0 atom stereocenters. The maximum absolute atomic E-state index is 12.9. The van der Waals surface area contributed by atoms with Gasteiger partial charge in [-0.25, -0.2) is 8.78 Å². The summed E-state index contributed by atoms with van der Waals surface area (Å²) >= 11 is 0. The molecule has 13 heavy (non-hydrogen) atoms. The van der Waals surface area contributed by atoms with Crippen molar-refractivity contribution in [1.82, 2.24) is 0 Å². The van der Waals surface area contributed by atoms with Crippen LogP contribution in [0.4, 0.5) is 8.78 Å². The van der Waals surface area contributed by atoms with E-state index in [4.69, 9.17) is 5.11 Å². The van der Waals surface area contributed by atoms with Gasteiger partial charge in [0.1, 0.15) is 0 Å². The highest BCUT2D eigenvalue weighted by molar-refractivity contribution is 5.66. The first kappa shape index (κ1) is 10.4. The summed E-state index contributed by atoms with van der Waals surface area (Å²) in [6.07, 6.45) is 1.58. The lowest BCUT2D eigenvalue weighted by atomic mass is 10.1. The van der Waals surface area contributed by atoms with E-state index in [0.717, 1.165) is 12.8 Å². The molecule has 1 rings (SSSR count). The largest absolute Gasteiger partial charge is 0.481 e. The van der Waals surface area contributed by atoms with E-state index < -0.39 is 24.7 Å². The maximum Gasteiger partial charge on any atom is 0.303 e. The molecule has 1 aliphatic rings. The quantitative estimate of drug-likeness (QED) is 0.702. The molecular weight excluding hydrogens is 178 g/mol. The van der Waals surface area contributed by atoms with Gasteiger partial charge in [0.05, 0.1) is 6.42 Å².